The average Bonchev–Trinajstić information content (AvgIpc) is 2.92. The second kappa shape index (κ2) is 13.1. The Morgan fingerprint density at radius 1 is 0.622 bits per heavy atom. The minimum Gasteiger partial charge on any atom is -0.389 e. The van der Waals surface area contributed by atoms with Crippen molar-refractivity contribution in [3.05, 3.63) is 127 Å². The van der Waals surface area contributed by atoms with E-state index in [4.69, 9.17) is 0 Å². The van der Waals surface area contributed by atoms with Crippen LogP contribution >= 0.6 is 35.3 Å². The lowest BCUT2D eigenvalue weighted by atomic mass is 9.88. The summed E-state index contributed by atoms with van der Waals surface area (Å²) >= 11 is 5.70. The van der Waals surface area contributed by atoms with Crippen LogP contribution in [0.5, 0.6) is 0 Å². The molecule has 0 saturated carbocycles. The van der Waals surface area contributed by atoms with Gasteiger partial charge in [0.1, 0.15) is 0 Å². The molecule has 0 amide bonds. The van der Waals surface area contributed by atoms with Crippen LogP contribution in [0.1, 0.15) is 32.8 Å². The third-order valence-corrected chi connectivity index (χ3v) is 11.7. The van der Waals surface area contributed by atoms with Crippen LogP contribution in [0, 0.1) is 5.92 Å². The lowest BCUT2D eigenvalue weighted by Crippen LogP contribution is -2.46. The number of rotatable bonds is 12. The van der Waals surface area contributed by atoms with Crippen LogP contribution in [-0.2, 0) is 6.42 Å². The largest absolute Gasteiger partial charge is 0.389 e. The summed E-state index contributed by atoms with van der Waals surface area (Å²) in [4.78, 5) is 3.70. The van der Waals surface area contributed by atoms with E-state index in [2.05, 4.69) is 122 Å². The number of aliphatic hydroxyl groups is 1. The molecule has 0 aliphatic heterocycles. The van der Waals surface area contributed by atoms with Gasteiger partial charge in [-0.15, -0.1) is 35.3 Å². The molecule has 0 fully saturated rings. The quantitative estimate of drug-likeness (QED) is 0.141. The third kappa shape index (κ3) is 7.94. The van der Waals surface area contributed by atoms with Crippen molar-refractivity contribution in [2.45, 2.75) is 63.2 Å². The molecule has 0 radical (unpaired) electrons. The maximum Gasteiger partial charge on any atom is 0.0745 e. The Morgan fingerprint density at radius 2 is 1.03 bits per heavy atom. The van der Waals surface area contributed by atoms with Gasteiger partial charge in [-0.05, 0) is 74.6 Å². The van der Waals surface area contributed by atoms with Crippen molar-refractivity contribution in [1.29, 1.82) is 0 Å². The first-order valence-corrected chi connectivity index (χ1v) is 15.3. The van der Waals surface area contributed by atoms with E-state index in [9.17, 15) is 5.11 Å². The van der Waals surface area contributed by atoms with E-state index in [1.165, 1.54) is 20.2 Å². The van der Waals surface area contributed by atoms with Gasteiger partial charge in [0, 0.05) is 19.9 Å². The monoisotopic (exact) mass is 544 g/mol. The standard InChI is InChI=1S/C33H36OS3/c1-26(31(32(2,3)34)35-28-18-10-5-11-19-28)33(36-29-20-12-6-13-21-29,37-30-22-14-7-15-23-30)25-24-27-16-8-4-9-17-27/h4-23,26,31,34H,24-25H2,1-3H3/t26-,31-/m0/s1. The van der Waals surface area contributed by atoms with Crippen LogP contribution in [0.2, 0.25) is 0 Å². The maximum absolute atomic E-state index is 11.6. The highest BCUT2D eigenvalue weighted by molar-refractivity contribution is 8.18. The number of aryl methyl sites for hydroxylation is 1. The molecule has 0 spiro atoms. The SMILES string of the molecule is C[C@@H]([C@H](Sc1ccccc1)C(C)(C)O)C(CCc1ccccc1)(Sc1ccccc1)Sc1ccccc1. The van der Waals surface area contributed by atoms with E-state index < -0.39 is 5.60 Å². The lowest BCUT2D eigenvalue weighted by Gasteiger charge is -2.45. The predicted octanol–water partition coefficient (Wildman–Crippen LogP) is 9.47. The molecule has 4 aromatic carbocycles. The minimum absolute atomic E-state index is 0.0157. The summed E-state index contributed by atoms with van der Waals surface area (Å²) in [6.07, 6.45) is 1.94. The molecular weight excluding hydrogens is 509 g/mol. The second-order valence-electron chi connectivity index (χ2n) is 9.92. The van der Waals surface area contributed by atoms with Crippen molar-refractivity contribution in [3.63, 3.8) is 0 Å². The molecule has 1 N–H and O–H groups in total. The maximum atomic E-state index is 11.6. The molecule has 4 aromatic rings. The smallest absolute Gasteiger partial charge is 0.0745 e. The fourth-order valence-electron chi connectivity index (χ4n) is 4.61. The summed E-state index contributed by atoms with van der Waals surface area (Å²) in [5, 5.41) is 11.5. The summed E-state index contributed by atoms with van der Waals surface area (Å²) in [7, 11) is 0. The van der Waals surface area contributed by atoms with Crippen LogP contribution in [0.25, 0.3) is 0 Å². The Kier molecular flexibility index (Phi) is 9.89. The molecule has 0 aliphatic rings. The summed E-state index contributed by atoms with van der Waals surface area (Å²) in [6, 6.07) is 42.8. The van der Waals surface area contributed by atoms with Gasteiger partial charge in [-0.2, -0.15) is 0 Å². The van der Waals surface area contributed by atoms with Crippen LogP contribution in [0.15, 0.2) is 136 Å². The number of hydrogen-bond acceptors (Lipinski definition) is 4. The first kappa shape index (κ1) is 27.9. The summed E-state index contributed by atoms with van der Waals surface area (Å²) in [5.74, 6) is 0.164. The van der Waals surface area contributed by atoms with E-state index in [1.54, 1.807) is 11.8 Å². The molecule has 0 bridgehead atoms. The van der Waals surface area contributed by atoms with Crippen LogP contribution in [-0.4, -0.2) is 20.0 Å². The van der Waals surface area contributed by atoms with Gasteiger partial charge in [-0.25, -0.2) is 0 Å². The van der Waals surface area contributed by atoms with Gasteiger partial charge in [-0.1, -0.05) is 91.9 Å². The fourth-order valence-corrected chi connectivity index (χ4v) is 9.30. The van der Waals surface area contributed by atoms with Gasteiger partial charge in [0.15, 0.2) is 0 Å². The third-order valence-electron chi connectivity index (χ3n) is 6.52. The number of hydrogen-bond donors (Lipinski definition) is 1. The molecule has 37 heavy (non-hydrogen) atoms. The average molecular weight is 545 g/mol. The van der Waals surface area contributed by atoms with Crippen LogP contribution in [0.3, 0.4) is 0 Å². The van der Waals surface area contributed by atoms with Crippen LogP contribution in [0.4, 0.5) is 0 Å². The summed E-state index contributed by atoms with van der Waals surface area (Å²) in [5.41, 5.74) is 0.476. The highest BCUT2D eigenvalue weighted by atomic mass is 32.2. The molecule has 4 heteroatoms. The van der Waals surface area contributed by atoms with Crippen molar-refractivity contribution in [3.8, 4) is 0 Å². The first-order chi connectivity index (χ1) is 17.9. The predicted molar refractivity (Wildman–Crippen MR) is 164 cm³/mol. The van der Waals surface area contributed by atoms with Crippen molar-refractivity contribution < 1.29 is 5.11 Å². The number of thioether (sulfide) groups is 3. The van der Waals surface area contributed by atoms with E-state index in [-0.39, 0.29) is 15.2 Å². The van der Waals surface area contributed by atoms with E-state index in [0.717, 1.165) is 12.8 Å². The normalized spacial score (nSPS) is 13.7. The van der Waals surface area contributed by atoms with Gasteiger partial charge >= 0.3 is 0 Å². The Bertz CT molecular complexity index is 1150. The summed E-state index contributed by atoms with van der Waals surface area (Å²) in [6.45, 7) is 6.27. The molecule has 2 atom stereocenters. The fraction of sp³-hybridized carbons (Fsp3) is 0.273. The van der Waals surface area contributed by atoms with Crippen molar-refractivity contribution in [1.82, 2.24) is 0 Å². The van der Waals surface area contributed by atoms with Gasteiger partial charge < -0.3 is 5.11 Å². The van der Waals surface area contributed by atoms with Gasteiger partial charge in [-0.3, -0.25) is 0 Å². The Morgan fingerprint density at radius 3 is 1.46 bits per heavy atom. The van der Waals surface area contributed by atoms with Crippen molar-refractivity contribution in [2.24, 2.45) is 5.92 Å². The van der Waals surface area contributed by atoms with Gasteiger partial charge in [0.25, 0.3) is 0 Å². The molecule has 0 aliphatic carbocycles. The zero-order valence-electron chi connectivity index (χ0n) is 21.8. The highest BCUT2D eigenvalue weighted by Crippen LogP contribution is 2.57. The summed E-state index contributed by atoms with van der Waals surface area (Å²) < 4.78 is -0.217. The molecular formula is C33H36OS3. The zero-order valence-corrected chi connectivity index (χ0v) is 24.2. The topological polar surface area (TPSA) is 20.2 Å². The molecule has 1 nitrogen and oxygen atoms in total. The van der Waals surface area contributed by atoms with Crippen molar-refractivity contribution in [2.75, 3.05) is 0 Å². The molecule has 4 rings (SSSR count). The molecule has 0 heterocycles. The zero-order chi connectivity index (χ0) is 26.1. The Balaban J connectivity index is 1.79. The van der Waals surface area contributed by atoms with E-state index in [1.807, 2.05) is 43.4 Å². The molecule has 192 valence electrons. The van der Waals surface area contributed by atoms with E-state index in [0.29, 0.717) is 0 Å². The minimum atomic E-state index is -0.869. The molecule has 0 unspecified atom stereocenters. The Labute approximate surface area is 235 Å². The molecule has 0 aromatic heterocycles. The highest BCUT2D eigenvalue weighted by Gasteiger charge is 2.46. The Hall–Kier alpha value is -2.11. The first-order valence-electron chi connectivity index (χ1n) is 12.8. The second-order valence-corrected chi connectivity index (χ2v) is 14.2. The van der Waals surface area contributed by atoms with Crippen molar-refractivity contribution >= 4 is 35.3 Å². The number of benzene rings is 4. The lowest BCUT2D eigenvalue weighted by molar-refractivity contribution is 0.0605. The van der Waals surface area contributed by atoms with Gasteiger partial charge in [0.05, 0.1) is 9.68 Å². The molecule has 0 saturated heterocycles. The van der Waals surface area contributed by atoms with Gasteiger partial charge in [0.2, 0.25) is 0 Å². The van der Waals surface area contributed by atoms with Crippen LogP contribution < -0.4 is 0 Å². The van der Waals surface area contributed by atoms with E-state index >= 15 is 0 Å².